The van der Waals surface area contributed by atoms with Crippen LogP contribution in [0.2, 0.25) is 0 Å². The number of nitro benzene ring substituents is 1. The molecule has 0 spiro atoms. The molecule has 2 unspecified atom stereocenters. The van der Waals surface area contributed by atoms with Gasteiger partial charge in [0.15, 0.2) is 5.05 Å². The fourth-order valence-corrected chi connectivity index (χ4v) is 4.40. The number of carbonyl (C=O) groups is 1. The normalized spacial score (nSPS) is 12.9. The summed E-state index contributed by atoms with van der Waals surface area (Å²) in [6, 6.07) is 24.8. The monoisotopic (exact) mass is 554 g/mol. The summed E-state index contributed by atoms with van der Waals surface area (Å²) in [5.74, 6) is 0. The highest BCUT2D eigenvalue weighted by atomic mass is 35.5. The fourth-order valence-electron chi connectivity index (χ4n) is 3.79. The second kappa shape index (κ2) is 13.3. The van der Waals surface area contributed by atoms with Crippen LogP contribution >= 0.6 is 23.8 Å². The van der Waals surface area contributed by atoms with Gasteiger partial charge in [-0.05, 0) is 62.5 Å². The zero-order valence-electron chi connectivity index (χ0n) is 21.5. The van der Waals surface area contributed by atoms with Gasteiger partial charge in [-0.1, -0.05) is 72.8 Å². The molecule has 0 radical (unpaired) electrons. The lowest BCUT2D eigenvalue weighted by atomic mass is 10.0. The number of alkyl carbamates (subject to hydrolysis) is 1. The Bertz CT molecular complexity index is 1180. The van der Waals surface area contributed by atoms with Crippen molar-refractivity contribution in [3.05, 3.63) is 112 Å². The van der Waals surface area contributed by atoms with E-state index in [1.54, 1.807) is 32.9 Å². The van der Waals surface area contributed by atoms with Crippen LogP contribution in [0.25, 0.3) is 0 Å². The lowest BCUT2D eigenvalue weighted by Gasteiger charge is -2.28. The molecule has 1 amide bonds. The maximum Gasteiger partial charge on any atom is 0.408 e. The Morgan fingerprint density at radius 3 is 1.97 bits per heavy atom. The van der Waals surface area contributed by atoms with E-state index in [0.29, 0.717) is 6.42 Å². The zero-order valence-corrected chi connectivity index (χ0v) is 23.1. The Labute approximate surface area is 233 Å². The SMILES string of the molecule is CC(C)(C)OC(=O)NC(CC(Cl)Cc1ccc([N+](=O)[O-])cc1)C(=S)OC(c1ccccc1)c1ccccc1. The van der Waals surface area contributed by atoms with Crippen molar-refractivity contribution >= 4 is 40.7 Å². The summed E-state index contributed by atoms with van der Waals surface area (Å²) in [4.78, 5) is 23.2. The first kappa shape index (κ1) is 29.1. The molecule has 9 heteroatoms. The Morgan fingerprint density at radius 2 is 1.50 bits per heavy atom. The summed E-state index contributed by atoms with van der Waals surface area (Å²) in [5.41, 5.74) is 1.94. The molecule has 0 saturated heterocycles. The van der Waals surface area contributed by atoms with Crippen LogP contribution in [0, 0.1) is 10.1 Å². The Hall–Kier alpha value is -3.49. The molecule has 0 saturated carbocycles. The summed E-state index contributed by atoms with van der Waals surface area (Å²) in [5, 5.41) is 13.5. The van der Waals surface area contributed by atoms with Gasteiger partial charge in [0, 0.05) is 17.5 Å². The number of non-ortho nitro benzene ring substituents is 1. The standard InChI is InChI=1S/C29H31ClN2O5S/c1-29(2,3)37-28(33)31-25(19-23(30)18-20-14-16-24(17-15-20)32(34)35)27(38)36-26(21-10-6-4-7-11-21)22-12-8-5-9-13-22/h4-17,23,25-26H,18-19H2,1-3H3,(H,31,33). The average Bonchev–Trinajstić information content (AvgIpc) is 2.87. The van der Waals surface area contributed by atoms with Gasteiger partial charge in [0.2, 0.25) is 0 Å². The van der Waals surface area contributed by atoms with Gasteiger partial charge < -0.3 is 14.8 Å². The van der Waals surface area contributed by atoms with Crippen molar-refractivity contribution in [1.29, 1.82) is 0 Å². The average molecular weight is 555 g/mol. The number of thiocarbonyl (C=S) groups is 1. The highest BCUT2D eigenvalue weighted by Crippen LogP contribution is 2.28. The fraction of sp³-hybridized carbons (Fsp3) is 0.310. The van der Waals surface area contributed by atoms with Crippen molar-refractivity contribution in [3.8, 4) is 0 Å². The molecule has 38 heavy (non-hydrogen) atoms. The van der Waals surface area contributed by atoms with Crippen molar-refractivity contribution in [2.45, 2.75) is 56.7 Å². The van der Waals surface area contributed by atoms with Crippen LogP contribution in [0.15, 0.2) is 84.9 Å². The second-order valence-corrected chi connectivity index (χ2v) is 10.8. The number of halogens is 1. The summed E-state index contributed by atoms with van der Waals surface area (Å²) in [6.45, 7) is 5.32. The van der Waals surface area contributed by atoms with Crippen molar-refractivity contribution < 1.29 is 19.2 Å². The number of nitrogens with zero attached hydrogens (tertiary/aromatic N) is 1. The number of hydrogen-bond acceptors (Lipinski definition) is 6. The van der Waals surface area contributed by atoms with E-state index >= 15 is 0 Å². The molecule has 3 aromatic rings. The topological polar surface area (TPSA) is 90.7 Å². The molecule has 0 fully saturated rings. The van der Waals surface area contributed by atoms with E-state index in [1.807, 2.05) is 60.7 Å². The third kappa shape index (κ3) is 9.11. The molecule has 0 aliphatic rings. The molecular weight excluding hydrogens is 524 g/mol. The van der Waals surface area contributed by atoms with Gasteiger partial charge >= 0.3 is 6.09 Å². The molecule has 0 aliphatic carbocycles. The smallest absolute Gasteiger partial charge is 0.408 e. The molecule has 3 aromatic carbocycles. The van der Waals surface area contributed by atoms with E-state index in [4.69, 9.17) is 33.3 Å². The van der Waals surface area contributed by atoms with Crippen molar-refractivity contribution in [1.82, 2.24) is 5.32 Å². The van der Waals surface area contributed by atoms with Crippen LogP contribution < -0.4 is 5.32 Å². The van der Waals surface area contributed by atoms with Gasteiger partial charge in [-0.3, -0.25) is 10.1 Å². The first-order chi connectivity index (χ1) is 18.0. The van der Waals surface area contributed by atoms with E-state index in [0.717, 1.165) is 16.7 Å². The maximum absolute atomic E-state index is 12.7. The molecule has 200 valence electrons. The van der Waals surface area contributed by atoms with E-state index in [-0.39, 0.29) is 17.2 Å². The molecule has 3 rings (SSSR count). The van der Waals surface area contributed by atoms with Crippen molar-refractivity contribution in [2.75, 3.05) is 0 Å². The molecule has 2 atom stereocenters. The summed E-state index contributed by atoms with van der Waals surface area (Å²) in [6.07, 6.45) is -0.456. The zero-order chi connectivity index (χ0) is 27.7. The highest BCUT2D eigenvalue weighted by molar-refractivity contribution is 7.80. The molecule has 0 aromatic heterocycles. The van der Waals surface area contributed by atoms with Gasteiger partial charge in [-0.25, -0.2) is 4.79 Å². The van der Waals surface area contributed by atoms with Crippen molar-refractivity contribution in [2.24, 2.45) is 0 Å². The third-order valence-corrected chi connectivity index (χ3v) is 6.22. The number of amides is 1. The summed E-state index contributed by atoms with van der Waals surface area (Å²) < 4.78 is 11.8. The van der Waals surface area contributed by atoms with Crippen LogP contribution in [0.4, 0.5) is 10.5 Å². The lowest BCUT2D eigenvalue weighted by molar-refractivity contribution is -0.384. The minimum atomic E-state index is -0.727. The van der Waals surface area contributed by atoms with E-state index in [1.165, 1.54) is 12.1 Å². The molecule has 0 aliphatic heterocycles. The number of hydrogen-bond donors (Lipinski definition) is 1. The van der Waals surface area contributed by atoms with Crippen LogP contribution in [0.3, 0.4) is 0 Å². The first-order valence-electron chi connectivity index (χ1n) is 12.2. The quantitative estimate of drug-likeness (QED) is 0.124. The molecule has 0 bridgehead atoms. The predicted octanol–water partition coefficient (Wildman–Crippen LogP) is 7.16. The Kier molecular flexibility index (Phi) is 10.2. The Balaban J connectivity index is 1.80. The van der Waals surface area contributed by atoms with Crippen LogP contribution in [0.5, 0.6) is 0 Å². The van der Waals surface area contributed by atoms with Crippen LogP contribution in [-0.2, 0) is 15.9 Å². The predicted molar refractivity (Wildman–Crippen MR) is 153 cm³/mol. The van der Waals surface area contributed by atoms with Crippen molar-refractivity contribution in [3.63, 3.8) is 0 Å². The number of benzene rings is 3. The summed E-state index contributed by atoms with van der Waals surface area (Å²) >= 11 is 12.4. The number of alkyl halides is 1. The molecular formula is C29H31ClN2O5S. The number of carbonyl (C=O) groups excluding carboxylic acids is 1. The van der Waals surface area contributed by atoms with E-state index in [2.05, 4.69) is 5.32 Å². The largest absolute Gasteiger partial charge is 0.472 e. The van der Waals surface area contributed by atoms with Gasteiger partial charge in [0.1, 0.15) is 17.7 Å². The number of ether oxygens (including phenoxy) is 2. The number of rotatable bonds is 10. The van der Waals surface area contributed by atoms with Crippen LogP contribution in [-0.4, -0.2) is 33.1 Å². The second-order valence-electron chi connectivity index (χ2n) is 9.80. The summed E-state index contributed by atoms with van der Waals surface area (Å²) in [7, 11) is 0. The molecule has 7 nitrogen and oxygen atoms in total. The molecule has 0 heterocycles. The molecule has 1 N–H and O–H groups in total. The Morgan fingerprint density at radius 1 is 0.974 bits per heavy atom. The first-order valence-corrected chi connectivity index (χ1v) is 13.0. The van der Waals surface area contributed by atoms with Gasteiger partial charge in [-0.15, -0.1) is 11.6 Å². The van der Waals surface area contributed by atoms with E-state index in [9.17, 15) is 14.9 Å². The maximum atomic E-state index is 12.7. The minimum Gasteiger partial charge on any atom is -0.472 e. The number of nitro groups is 1. The van der Waals surface area contributed by atoms with E-state index < -0.39 is 34.1 Å². The lowest BCUT2D eigenvalue weighted by Crippen LogP contribution is -2.45. The third-order valence-electron chi connectivity index (χ3n) is 5.51. The van der Waals surface area contributed by atoms with Gasteiger partial charge in [0.05, 0.1) is 4.92 Å². The van der Waals surface area contributed by atoms with Crippen LogP contribution in [0.1, 0.15) is 50.0 Å². The highest BCUT2D eigenvalue weighted by Gasteiger charge is 2.28. The minimum absolute atomic E-state index is 0.00628. The number of nitrogens with one attached hydrogen (secondary N) is 1. The van der Waals surface area contributed by atoms with Gasteiger partial charge in [0.25, 0.3) is 5.69 Å². The van der Waals surface area contributed by atoms with Gasteiger partial charge in [-0.2, -0.15) is 0 Å².